The number of carbonyl (C=O) groups excluding carboxylic acids is 2. The first-order valence-electron chi connectivity index (χ1n) is 16.6. The first-order chi connectivity index (χ1) is 21.6. The van der Waals surface area contributed by atoms with Gasteiger partial charge in [0.25, 0.3) is 0 Å². The number of aromatic amines is 1. The lowest BCUT2D eigenvalue weighted by atomic mass is 9.95. The molecule has 2 aliphatic rings. The number of hydrogen-bond donors (Lipinski definition) is 2. The Morgan fingerprint density at radius 3 is 2.54 bits per heavy atom. The highest BCUT2D eigenvalue weighted by Gasteiger charge is 2.35. The zero-order valence-electron chi connectivity index (χ0n) is 28.9. The molecule has 2 unspecified atom stereocenters. The fourth-order valence-corrected chi connectivity index (χ4v) is 5.60. The molecule has 2 aromatic rings. The van der Waals surface area contributed by atoms with Gasteiger partial charge in [-0.15, -0.1) is 0 Å². The number of likely N-dealkylation sites (tertiary alicyclic amines) is 1. The minimum absolute atomic E-state index is 0.104. The van der Waals surface area contributed by atoms with Gasteiger partial charge in [-0.05, 0) is 123 Å². The van der Waals surface area contributed by atoms with Crippen molar-refractivity contribution in [3.8, 4) is 0 Å². The summed E-state index contributed by atoms with van der Waals surface area (Å²) in [7, 11) is 0. The van der Waals surface area contributed by atoms with Crippen LogP contribution >= 0.6 is 0 Å². The minimum Gasteiger partial charge on any atom is -0.444 e. The van der Waals surface area contributed by atoms with Crippen molar-refractivity contribution in [3.05, 3.63) is 53.6 Å². The van der Waals surface area contributed by atoms with Crippen LogP contribution in [0.4, 0.5) is 9.59 Å². The number of ether oxygens (including phenoxy) is 2. The van der Waals surface area contributed by atoms with Crippen molar-refractivity contribution in [2.75, 3.05) is 13.1 Å². The molecule has 2 aliphatic heterocycles. The Balaban J connectivity index is 1.29. The van der Waals surface area contributed by atoms with Gasteiger partial charge in [0.05, 0.1) is 40.4 Å². The van der Waals surface area contributed by atoms with Gasteiger partial charge in [-0.2, -0.15) is 0 Å². The molecule has 0 spiro atoms. The molecule has 3 heterocycles. The van der Waals surface area contributed by atoms with Gasteiger partial charge in [0.2, 0.25) is 0 Å². The van der Waals surface area contributed by atoms with Crippen LogP contribution in [0.15, 0.2) is 47.2 Å². The van der Waals surface area contributed by atoms with E-state index >= 15 is 0 Å². The van der Waals surface area contributed by atoms with E-state index in [1.807, 2.05) is 60.6 Å². The maximum Gasteiger partial charge on any atom is 0.414 e. The van der Waals surface area contributed by atoms with Gasteiger partial charge in [0, 0.05) is 13.1 Å². The van der Waals surface area contributed by atoms with E-state index in [0.717, 1.165) is 55.4 Å². The molecule has 2 N–H and O–H groups in total. The van der Waals surface area contributed by atoms with E-state index in [0.29, 0.717) is 42.5 Å². The van der Waals surface area contributed by atoms with E-state index in [1.165, 1.54) is 5.56 Å². The van der Waals surface area contributed by atoms with Crippen LogP contribution in [0.2, 0.25) is 0 Å². The molecule has 10 heteroatoms. The molecule has 0 radical (unpaired) electrons. The van der Waals surface area contributed by atoms with Crippen molar-refractivity contribution in [2.24, 2.45) is 10.9 Å². The molecule has 1 saturated heterocycles. The number of rotatable bonds is 9. The largest absolute Gasteiger partial charge is 0.444 e. The van der Waals surface area contributed by atoms with Crippen LogP contribution in [-0.4, -0.2) is 67.7 Å². The van der Waals surface area contributed by atoms with E-state index in [2.05, 4.69) is 35.1 Å². The summed E-state index contributed by atoms with van der Waals surface area (Å²) in [6, 6.07) is 6.24. The number of benzene rings is 1. The molecule has 46 heavy (non-hydrogen) atoms. The van der Waals surface area contributed by atoms with Gasteiger partial charge in [-0.3, -0.25) is 14.8 Å². The second-order valence-corrected chi connectivity index (χ2v) is 14.6. The second kappa shape index (κ2) is 14.6. The molecule has 0 aliphatic carbocycles. The maximum absolute atomic E-state index is 12.8. The number of hydrogen-bond acceptors (Lipinski definition) is 7. The van der Waals surface area contributed by atoms with Gasteiger partial charge in [-0.25, -0.2) is 14.6 Å². The Bertz CT molecular complexity index is 1510. The first kappa shape index (κ1) is 34.9. The smallest absolute Gasteiger partial charge is 0.414 e. The standard InChI is InChI=1S/C36H52N6O4/c1-24(15-18-28(37)25(2)38-23-27-12-9-10-20-41(27)33(43)45-35(3,4)5)14-16-26-17-19-29-30(22-26)40-32(39-29)31-13-11-21-42(31)34(44)46-36(6,7)8/h9,12,17,19,22-24,31,37H,10-11,13-16,18,20-21H2,1-8H3,(H,39,40)/b27-23+,37-28?,38-25?. The average Bonchev–Trinajstić information content (AvgIpc) is 3.63. The highest BCUT2D eigenvalue weighted by atomic mass is 16.6. The topological polar surface area (TPSA) is 124 Å². The Hall–Kier alpha value is -3.95. The third-order valence-corrected chi connectivity index (χ3v) is 8.13. The Kier molecular flexibility index (Phi) is 11.1. The number of allylic oxidation sites excluding steroid dienone is 1. The molecule has 10 nitrogen and oxygen atoms in total. The number of aromatic nitrogens is 2. The number of fused-ring (bicyclic) bond motifs is 1. The van der Waals surface area contributed by atoms with E-state index in [9.17, 15) is 9.59 Å². The fraction of sp³-hybridized carbons (Fsp3) is 0.583. The summed E-state index contributed by atoms with van der Waals surface area (Å²) < 4.78 is 11.2. The van der Waals surface area contributed by atoms with Gasteiger partial charge in [0.15, 0.2) is 0 Å². The molecule has 2 atom stereocenters. The third kappa shape index (κ3) is 9.77. The van der Waals surface area contributed by atoms with Crippen molar-refractivity contribution in [3.63, 3.8) is 0 Å². The molecule has 0 saturated carbocycles. The van der Waals surface area contributed by atoms with Gasteiger partial charge in [0.1, 0.15) is 17.0 Å². The zero-order valence-corrected chi connectivity index (χ0v) is 28.9. The summed E-state index contributed by atoms with van der Waals surface area (Å²) >= 11 is 0. The summed E-state index contributed by atoms with van der Waals surface area (Å²) in [6.07, 6.45) is 10.9. The summed E-state index contributed by atoms with van der Waals surface area (Å²) in [5.74, 6) is 1.25. The normalized spacial score (nSPS) is 19.2. The van der Waals surface area contributed by atoms with E-state index in [-0.39, 0.29) is 18.2 Å². The van der Waals surface area contributed by atoms with Crippen LogP contribution < -0.4 is 0 Å². The molecular formula is C36H52N6O4. The highest BCUT2D eigenvalue weighted by Crippen LogP contribution is 2.33. The molecule has 1 fully saturated rings. The predicted octanol–water partition coefficient (Wildman–Crippen LogP) is 8.50. The van der Waals surface area contributed by atoms with Crippen molar-refractivity contribution < 1.29 is 19.1 Å². The lowest BCUT2D eigenvalue weighted by molar-refractivity contribution is 0.0217. The molecular weight excluding hydrogens is 580 g/mol. The summed E-state index contributed by atoms with van der Waals surface area (Å²) in [6.45, 7) is 16.5. The Morgan fingerprint density at radius 1 is 1.11 bits per heavy atom. The van der Waals surface area contributed by atoms with Crippen LogP contribution in [0.3, 0.4) is 0 Å². The predicted molar refractivity (Wildman–Crippen MR) is 183 cm³/mol. The number of aliphatic imine (C=N–C) groups is 1. The molecule has 4 rings (SSSR count). The number of nitrogens with one attached hydrogen (secondary N) is 2. The maximum atomic E-state index is 12.8. The van der Waals surface area contributed by atoms with Gasteiger partial charge in [-0.1, -0.05) is 19.1 Å². The number of H-pyrrole nitrogens is 1. The van der Waals surface area contributed by atoms with Crippen LogP contribution in [0.25, 0.3) is 11.0 Å². The fourth-order valence-electron chi connectivity index (χ4n) is 5.60. The van der Waals surface area contributed by atoms with Crippen molar-refractivity contribution in [2.45, 2.75) is 118 Å². The lowest BCUT2D eigenvalue weighted by Gasteiger charge is -2.29. The van der Waals surface area contributed by atoms with Crippen LogP contribution in [0.5, 0.6) is 0 Å². The molecule has 1 aromatic carbocycles. The van der Waals surface area contributed by atoms with Crippen molar-refractivity contribution >= 4 is 34.6 Å². The van der Waals surface area contributed by atoms with E-state index in [1.54, 1.807) is 16.0 Å². The number of imidazole rings is 1. The highest BCUT2D eigenvalue weighted by molar-refractivity contribution is 6.40. The lowest BCUT2D eigenvalue weighted by Crippen LogP contribution is -2.37. The van der Waals surface area contributed by atoms with Crippen LogP contribution in [0, 0.1) is 11.3 Å². The quantitative estimate of drug-likeness (QED) is 0.268. The van der Waals surface area contributed by atoms with E-state index in [4.69, 9.17) is 19.9 Å². The average molecular weight is 633 g/mol. The van der Waals surface area contributed by atoms with Crippen LogP contribution in [0.1, 0.15) is 111 Å². The molecule has 250 valence electrons. The van der Waals surface area contributed by atoms with Gasteiger partial charge >= 0.3 is 12.2 Å². The second-order valence-electron chi connectivity index (χ2n) is 14.6. The molecule has 2 amide bonds. The number of amides is 2. The van der Waals surface area contributed by atoms with Crippen molar-refractivity contribution in [1.29, 1.82) is 5.41 Å². The zero-order chi connectivity index (χ0) is 33.6. The first-order valence-corrected chi connectivity index (χ1v) is 16.6. The number of carbonyl (C=O) groups is 2. The monoisotopic (exact) mass is 632 g/mol. The number of aryl methyl sites for hydroxylation is 1. The molecule has 0 bridgehead atoms. The van der Waals surface area contributed by atoms with E-state index < -0.39 is 11.2 Å². The minimum atomic E-state index is -0.571. The Morgan fingerprint density at radius 2 is 1.83 bits per heavy atom. The molecule has 1 aromatic heterocycles. The Labute approximate surface area is 273 Å². The van der Waals surface area contributed by atoms with Crippen LogP contribution in [-0.2, 0) is 15.9 Å². The van der Waals surface area contributed by atoms with Crippen molar-refractivity contribution in [1.82, 2.24) is 19.8 Å². The summed E-state index contributed by atoms with van der Waals surface area (Å²) in [5, 5.41) is 8.57. The third-order valence-electron chi connectivity index (χ3n) is 8.13. The van der Waals surface area contributed by atoms with Gasteiger partial charge < -0.3 is 19.9 Å². The SMILES string of the molecule is CC(=N/C=C1\C=CCCN1C(=O)OC(C)(C)C)C(=N)CCC(C)CCc1ccc2nc(C3CCCN3C(=O)OC(C)(C)C)[nH]c2c1. The number of nitrogens with zero attached hydrogens (tertiary/aromatic N) is 4. The summed E-state index contributed by atoms with van der Waals surface area (Å²) in [5.41, 5.74) is 3.84. The summed E-state index contributed by atoms with van der Waals surface area (Å²) in [4.78, 5) is 41.7.